The molecule has 0 aromatic carbocycles. The summed E-state index contributed by atoms with van der Waals surface area (Å²) in [5.41, 5.74) is 0. The SMILES string of the molecule is CCCCCCCCCCCC[C@@H](O[Si](C)(C)C(C)(C)C)[C@H]1CC[C@H]([C@H](O)CCCCCCCCCCC(=O)Nc2ccnn2C)O1. The minimum atomic E-state index is -1.91. The number of aliphatic hydroxyl groups is 1. The maximum absolute atomic E-state index is 12.1. The van der Waals surface area contributed by atoms with Crippen LogP contribution >= 0.6 is 0 Å². The average molecular weight is 678 g/mol. The first-order valence-corrected chi connectivity index (χ1v) is 22.6. The zero-order valence-corrected chi connectivity index (χ0v) is 32.8. The van der Waals surface area contributed by atoms with Crippen molar-refractivity contribution in [1.29, 1.82) is 0 Å². The predicted molar refractivity (Wildman–Crippen MR) is 200 cm³/mol. The lowest BCUT2D eigenvalue weighted by atomic mass is 10.00. The average Bonchev–Trinajstić information content (AvgIpc) is 3.67. The number of unbranched alkanes of at least 4 members (excludes halogenated alkanes) is 16. The molecule has 1 aromatic heterocycles. The van der Waals surface area contributed by atoms with Gasteiger partial charge in [0.15, 0.2) is 8.32 Å². The topological polar surface area (TPSA) is 85.6 Å². The molecule has 274 valence electrons. The first-order chi connectivity index (χ1) is 22.4. The van der Waals surface area contributed by atoms with E-state index in [0.717, 1.165) is 57.2 Å². The molecule has 1 saturated heterocycles. The van der Waals surface area contributed by atoms with E-state index >= 15 is 0 Å². The van der Waals surface area contributed by atoms with E-state index in [0.29, 0.717) is 6.42 Å². The standard InChI is InChI=1S/C39H75N3O4Si/c1-8-9-10-11-12-13-14-18-21-24-27-36(46-47(6,7)39(2,3)4)35-30-29-34(45-35)33(43)26-23-20-17-15-16-19-22-25-28-38(44)41-37-31-32-40-42(37)5/h31-36,43H,8-30H2,1-7H3,(H,41,44)/t33-,34-,35-,36-/m1/s1. The van der Waals surface area contributed by atoms with Crippen molar-refractivity contribution in [3.05, 3.63) is 12.3 Å². The molecule has 0 saturated carbocycles. The fourth-order valence-electron chi connectivity index (χ4n) is 6.54. The van der Waals surface area contributed by atoms with E-state index in [4.69, 9.17) is 9.16 Å². The second-order valence-electron chi connectivity index (χ2n) is 16.0. The Labute approximate surface area is 290 Å². The smallest absolute Gasteiger partial charge is 0.225 e. The molecule has 0 unspecified atom stereocenters. The first kappa shape index (κ1) is 41.9. The number of aromatic nitrogens is 2. The fraction of sp³-hybridized carbons (Fsp3) is 0.897. The molecule has 47 heavy (non-hydrogen) atoms. The van der Waals surface area contributed by atoms with E-state index in [-0.39, 0.29) is 35.4 Å². The molecule has 0 radical (unpaired) electrons. The van der Waals surface area contributed by atoms with E-state index < -0.39 is 8.32 Å². The first-order valence-electron chi connectivity index (χ1n) is 19.7. The van der Waals surface area contributed by atoms with Gasteiger partial charge in [0, 0.05) is 19.5 Å². The van der Waals surface area contributed by atoms with Crippen molar-refractivity contribution in [2.75, 3.05) is 5.32 Å². The lowest BCUT2D eigenvalue weighted by Gasteiger charge is -2.41. The van der Waals surface area contributed by atoms with Crippen molar-refractivity contribution < 1.29 is 19.1 Å². The number of aryl methyl sites for hydroxylation is 1. The van der Waals surface area contributed by atoms with Crippen LogP contribution in [0.3, 0.4) is 0 Å². The van der Waals surface area contributed by atoms with E-state index in [1.54, 1.807) is 10.9 Å². The number of aliphatic hydroxyl groups excluding tert-OH is 1. The fourth-order valence-corrected chi connectivity index (χ4v) is 7.92. The molecule has 1 amide bonds. The van der Waals surface area contributed by atoms with E-state index in [9.17, 15) is 9.90 Å². The van der Waals surface area contributed by atoms with E-state index in [1.165, 1.54) is 89.9 Å². The number of rotatable bonds is 27. The van der Waals surface area contributed by atoms with E-state index in [2.05, 4.69) is 51.2 Å². The number of amides is 1. The van der Waals surface area contributed by atoms with Crippen molar-refractivity contribution in [2.45, 2.75) is 218 Å². The highest BCUT2D eigenvalue weighted by Gasteiger charge is 2.43. The van der Waals surface area contributed by atoms with Crippen LogP contribution in [0.25, 0.3) is 0 Å². The van der Waals surface area contributed by atoms with Gasteiger partial charge in [-0.05, 0) is 50.2 Å². The number of carbonyl (C=O) groups is 1. The summed E-state index contributed by atoms with van der Waals surface area (Å²) in [5, 5.41) is 18.2. The molecule has 8 heteroatoms. The predicted octanol–water partition coefficient (Wildman–Crippen LogP) is 10.9. The summed E-state index contributed by atoms with van der Waals surface area (Å²) >= 11 is 0. The monoisotopic (exact) mass is 678 g/mol. The van der Waals surface area contributed by atoms with Crippen molar-refractivity contribution in [1.82, 2.24) is 9.78 Å². The molecule has 1 aliphatic rings. The summed E-state index contributed by atoms with van der Waals surface area (Å²) < 4.78 is 15.3. The molecule has 0 bridgehead atoms. The van der Waals surface area contributed by atoms with Gasteiger partial charge in [0.25, 0.3) is 0 Å². The summed E-state index contributed by atoms with van der Waals surface area (Å²) in [4.78, 5) is 12.1. The van der Waals surface area contributed by atoms with Gasteiger partial charge in [-0.25, -0.2) is 0 Å². The molecule has 2 heterocycles. The second kappa shape index (κ2) is 23.2. The maximum Gasteiger partial charge on any atom is 0.225 e. The minimum absolute atomic E-state index is 0.0479. The van der Waals surface area contributed by atoms with Crippen LogP contribution in [-0.2, 0) is 21.0 Å². The van der Waals surface area contributed by atoms with Crippen LogP contribution in [0.4, 0.5) is 5.82 Å². The number of hydrogen-bond donors (Lipinski definition) is 2. The zero-order chi connectivity index (χ0) is 34.5. The maximum atomic E-state index is 12.1. The molecule has 7 nitrogen and oxygen atoms in total. The number of carbonyl (C=O) groups excluding carboxylic acids is 1. The summed E-state index contributed by atoms with van der Waals surface area (Å²) in [6.45, 7) is 14.0. The van der Waals surface area contributed by atoms with Crippen LogP contribution in [0.1, 0.15) is 175 Å². The Balaban J connectivity index is 1.60. The lowest BCUT2D eigenvalue weighted by Crippen LogP contribution is -2.47. The molecule has 0 aliphatic carbocycles. The molecular weight excluding hydrogens is 603 g/mol. The van der Waals surface area contributed by atoms with Gasteiger partial charge >= 0.3 is 0 Å². The Hall–Kier alpha value is -1.22. The van der Waals surface area contributed by atoms with Crippen molar-refractivity contribution in [2.24, 2.45) is 7.05 Å². The number of anilines is 1. The molecule has 0 spiro atoms. The third-order valence-corrected chi connectivity index (χ3v) is 15.3. The van der Waals surface area contributed by atoms with Crippen LogP contribution in [0, 0.1) is 0 Å². The van der Waals surface area contributed by atoms with Gasteiger partial charge in [-0.2, -0.15) is 5.10 Å². The van der Waals surface area contributed by atoms with Crippen molar-refractivity contribution >= 4 is 20.0 Å². The van der Waals surface area contributed by atoms with E-state index in [1.807, 2.05) is 13.1 Å². The lowest BCUT2D eigenvalue weighted by molar-refractivity contribution is -0.116. The summed E-state index contributed by atoms with van der Waals surface area (Å²) in [6.07, 6.45) is 28.5. The molecule has 2 rings (SSSR count). The van der Waals surface area contributed by atoms with Gasteiger partial charge in [-0.3, -0.25) is 9.48 Å². The van der Waals surface area contributed by atoms with Gasteiger partial charge in [0.1, 0.15) is 5.82 Å². The van der Waals surface area contributed by atoms with Crippen molar-refractivity contribution in [3.63, 3.8) is 0 Å². The number of hydrogen-bond acceptors (Lipinski definition) is 5. The quantitative estimate of drug-likeness (QED) is 0.0715. The van der Waals surface area contributed by atoms with Crippen LogP contribution in [0.15, 0.2) is 12.3 Å². The highest BCUT2D eigenvalue weighted by atomic mass is 28.4. The Morgan fingerprint density at radius 3 is 1.94 bits per heavy atom. The van der Waals surface area contributed by atoms with Crippen LogP contribution in [0.5, 0.6) is 0 Å². The summed E-state index contributed by atoms with van der Waals surface area (Å²) in [6, 6.07) is 1.82. The Morgan fingerprint density at radius 1 is 0.894 bits per heavy atom. The van der Waals surface area contributed by atoms with Gasteiger partial charge in [0.05, 0.1) is 30.6 Å². The Kier molecular flexibility index (Phi) is 20.7. The number of ether oxygens (including phenoxy) is 1. The van der Waals surface area contributed by atoms with Gasteiger partial charge in [0.2, 0.25) is 5.91 Å². The Bertz CT molecular complexity index is 947. The molecule has 4 atom stereocenters. The van der Waals surface area contributed by atoms with Crippen LogP contribution < -0.4 is 5.32 Å². The van der Waals surface area contributed by atoms with Crippen LogP contribution in [0.2, 0.25) is 18.1 Å². The highest BCUT2D eigenvalue weighted by Crippen LogP contribution is 2.40. The Morgan fingerprint density at radius 2 is 1.40 bits per heavy atom. The third-order valence-electron chi connectivity index (χ3n) is 10.8. The third kappa shape index (κ3) is 17.3. The van der Waals surface area contributed by atoms with Gasteiger partial charge < -0.3 is 19.6 Å². The van der Waals surface area contributed by atoms with Crippen molar-refractivity contribution in [3.8, 4) is 0 Å². The normalized spacial score (nSPS) is 18.5. The molecule has 2 N–H and O–H groups in total. The van der Waals surface area contributed by atoms with Gasteiger partial charge in [-0.15, -0.1) is 0 Å². The molecular formula is C39H75N3O4Si. The van der Waals surface area contributed by atoms with Gasteiger partial charge in [-0.1, -0.05) is 137 Å². The largest absolute Gasteiger partial charge is 0.411 e. The number of nitrogens with zero attached hydrogens (tertiary/aromatic N) is 2. The number of nitrogens with one attached hydrogen (secondary N) is 1. The highest BCUT2D eigenvalue weighted by molar-refractivity contribution is 6.74. The zero-order valence-electron chi connectivity index (χ0n) is 31.8. The molecule has 1 aliphatic heterocycles. The summed E-state index contributed by atoms with van der Waals surface area (Å²) in [5.74, 6) is 0.816. The minimum Gasteiger partial charge on any atom is -0.411 e. The molecule has 1 fully saturated rings. The van der Waals surface area contributed by atoms with Crippen LogP contribution in [-0.4, -0.2) is 53.5 Å². The molecule has 1 aromatic rings. The summed E-state index contributed by atoms with van der Waals surface area (Å²) in [7, 11) is -0.0797. The second-order valence-corrected chi connectivity index (χ2v) is 20.8.